The highest BCUT2D eigenvalue weighted by Gasteiger charge is 2.21. The highest BCUT2D eigenvalue weighted by Crippen LogP contribution is 2.26. The van der Waals surface area contributed by atoms with Crippen LogP contribution in [0.4, 0.5) is 0 Å². The summed E-state index contributed by atoms with van der Waals surface area (Å²) in [6, 6.07) is 6.06. The van der Waals surface area contributed by atoms with Crippen LogP contribution < -0.4 is 10.1 Å². The van der Waals surface area contributed by atoms with Crippen LogP contribution in [-0.4, -0.2) is 17.6 Å². The molecule has 4 nitrogen and oxygen atoms in total. The molecule has 1 aromatic heterocycles. The van der Waals surface area contributed by atoms with E-state index in [0.29, 0.717) is 6.54 Å². The van der Waals surface area contributed by atoms with Gasteiger partial charge >= 0.3 is 0 Å². The van der Waals surface area contributed by atoms with Gasteiger partial charge in [-0.3, -0.25) is 4.79 Å². The Hall–Kier alpha value is -1.97. The lowest BCUT2D eigenvalue weighted by atomic mass is 9.88. The first-order valence-corrected chi connectivity index (χ1v) is 8.08. The second-order valence-electron chi connectivity index (χ2n) is 6.20. The topological polar surface area (TPSA) is 43.3 Å². The van der Waals surface area contributed by atoms with Crippen molar-refractivity contribution >= 4 is 16.8 Å². The molecular formula is C18H24N2O2. The van der Waals surface area contributed by atoms with Gasteiger partial charge in [0.05, 0.1) is 7.11 Å². The van der Waals surface area contributed by atoms with Crippen molar-refractivity contribution in [1.29, 1.82) is 0 Å². The summed E-state index contributed by atoms with van der Waals surface area (Å²) in [6.45, 7) is 0.583. The van der Waals surface area contributed by atoms with Crippen molar-refractivity contribution in [1.82, 2.24) is 9.88 Å². The number of fused-ring (bicyclic) bond motifs is 1. The summed E-state index contributed by atoms with van der Waals surface area (Å²) >= 11 is 0. The smallest absolute Gasteiger partial charge is 0.223 e. The molecule has 0 spiro atoms. The van der Waals surface area contributed by atoms with Gasteiger partial charge in [0.2, 0.25) is 5.91 Å². The van der Waals surface area contributed by atoms with Crippen LogP contribution in [0.25, 0.3) is 10.9 Å². The minimum absolute atomic E-state index is 0.207. The first-order chi connectivity index (χ1) is 10.7. The number of nitrogens with zero attached hydrogens (tertiary/aromatic N) is 1. The average Bonchev–Trinajstić information content (AvgIpc) is 2.89. The highest BCUT2D eigenvalue weighted by atomic mass is 16.5. The largest absolute Gasteiger partial charge is 0.497 e. The Kier molecular flexibility index (Phi) is 4.36. The van der Waals surface area contributed by atoms with Crippen molar-refractivity contribution < 1.29 is 9.53 Å². The van der Waals surface area contributed by atoms with Gasteiger partial charge in [-0.15, -0.1) is 0 Å². The van der Waals surface area contributed by atoms with E-state index in [4.69, 9.17) is 4.74 Å². The molecule has 1 heterocycles. The quantitative estimate of drug-likeness (QED) is 0.940. The molecule has 1 amide bonds. The zero-order valence-electron chi connectivity index (χ0n) is 13.4. The number of amides is 1. The number of aryl methyl sites for hydroxylation is 1. The number of carbonyl (C=O) groups excluding carboxylic acids is 1. The van der Waals surface area contributed by atoms with Gasteiger partial charge in [-0.1, -0.05) is 19.3 Å². The molecule has 118 valence electrons. The fraction of sp³-hybridized carbons (Fsp3) is 0.500. The fourth-order valence-corrected chi connectivity index (χ4v) is 3.41. The van der Waals surface area contributed by atoms with Crippen LogP contribution in [0.3, 0.4) is 0 Å². The van der Waals surface area contributed by atoms with E-state index in [-0.39, 0.29) is 11.8 Å². The summed E-state index contributed by atoms with van der Waals surface area (Å²) in [7, 11) is 3.70. The molecule has 1 N–H and O–H groups in total. The Morgan fingerprint density at radius 3 is 2.82 bits per heavy atom. The minimum Gasteiger partial charge on any atom is -0.497 e. The Morgan fingerprint density at radius 2 is 2.09 bits per heavy atom. The summed E-state index contributed by atoms with van der Waals surface area (Å²) in [5, 5.41) is 4.26. The second-order valence-corrected chi connectivity index (χ2v) is 6.20. The number of aromatic nitrogens is 1. The standard InChI is InChI=1S/C18H24N2O2/c1-20-12-14(16-10-15(22-2)8-9-17(16)20)11-19-18(21)13-6-4-3-5-7-13/h8-10,12-13H,3-7,11H2,1-2H3,(H,19,21). The van der Waals surface area contributed by atoms with E-state index in [9.17, 15) is 4.79 Å². The Bertz CT molecular complexity index is 669. The molecule has 0 aliphatic heterocycles. The molecule has 3 rings (SSSR count). The number of hydrogen-bond donors (Lipinski definition) is 1. The van der Waals surface area contributed by atoms with Gasteiger partial charge in [0, 0.05) is 36.6 Å². The monoisotopic (exact) mass is 300 g/mol. The molecule has 1 aliphatic carbocycles. The molecule has 1 aliphatic rings. The Balaban J connectivity index is 1.74. The van der Waals surface area contributed by atoms with E-state index in [1.807, 2.05) is 19.2 Å². The van der Waals surface area contributed by atoms with E-state index in [1.54, 1.807) is 7.11 Å². The van der Waals surface area contributed by atoms with Gasteiger partial charge in [-0.25, -0.2) is 0 Å². The molecule has 1 aromatic carbocycles. The predicted octanol–water partition coefficient (Wildman–Crippen LogP) is 3.38. The number of rotatable bonds is 4. The Morgan fingerprint density at radius 1 is 1.32 bits per heavy atom. The Labute approximate surface area is 131 Å². The molecule has 22 heavy (non-hydrogen) atoms. The zero-order chi connectivity index (χ0) is 15.5. The highest BCUT2D eigenvalue weighted by molar-refractivity contribution is 5.86. The molecular weight excluding hydrogens is 276 g/mol. The third kappa shape index (κ3) is 2.96. The molecule has 0 radical (unpaired) electrons. The number of methoxy groups -OCH3 is 1. The van der Waals surface area contributed by atoms with Gasteiger partial charge in [0.25, 0.3) is 0 Å². The summed E-state index contributed by atoms with van der Waals surface area (Å²) in [6.07, 6.45) is 7.80. The van der Waals surface area contributed by atoms with Crippen LogP contribution in [0, 0.1) is 5.92 Å². The summed E-state index contributed by atoms with van der Waals surface area (Å²) < 4.78 is 7.40. The molecule has 1 saturated carbocycles. The normalized spacial score (nSPS) is 15.9. The molecule has 2 aromatic rings. The number of carbonyl (C=O) groups is 1. The number of ether oxygens (including phenoxy) is 1. The number of nitrogens with one attached hydrogen (secondary N) is 1. The van der Waals surface area contributed by atoms with Gasteiger partial charge < -0.3 is 14.6 Å². The predicted molar refractivity (Wildman–Crippen MR) is 87.9 cm³/mol. The van der Waals surface area contributed by atoms with E-state index < -0.39 is 0 Å². The van der Waals surface area contributed by atoms with Crippen LogP contribution >= 0.6 is 0 Å². The lowest BCUT2D eigenvalue weighted by molar-refractivity contribution is -0.126. The molecule has 1 fully saturated rings. The van der Waals surface area contributed by atoms with E-state index in [2.05, 4.69) is 22.1 Å². The van der Waals surface area contributed by atoms with E-state index >= 15 is 0 Å². The number of benzene rings is 1. The first kappa shape index (κ1) is 14.9. The molecule has 4 heteroatoms. The van der Waals surface area contributed by atoms with E-state index in [1.165, 1.54) is 19.3 Å². The third-order valence-corrected chi connectivity index (χ3v) is 4.71. The van der Waals surface area contributed by atoms with E-state index in [0.717, 1.165) is 35.1 Å². The zero-order valence-corrected chi connectivity index (χ0v) is 13.4. The lowest BCUT2D eigenvalue weighted by Crippen LogP contribution is -2.31. The van der Waals surface area contributed by atoms with Crippen LogP contribution in [-0.2, 0) is 18.4 Å². The van der Waals surface area contributed by atoms with Gasteiger partial charge in [0.1, 0.15) is 5.75 Å². The van der Waals surface area contributed by atoms with Crippen molar-refractivity contribution in [3.8, 4) is 5.75 Å². The maximum absolute atomic E-state index is 12.3. The maximum atomic E-state index is 12.3. The van der Waals surface area contributed by atoms with Crippen LogP contribution in [0.1, 0.15) is 37.7 Å². The fourth-order valence-electron chi connectivity index (χ4n) is 3.41. The van der Waals surface area contributed by atoms with Crippen LogP contribution in [0.2, 0.25) is 0 Å². The molecule has 0 saturated heterocycles. The van der Waals surface area contributed by atoms with Crippen molar-refractivity contribution in [3.05, 3.63) is 30.0 Å². The minimum atomic E-state index is 0.207. The average molecular weight is 300 g/mol. The summed E-state index contributed by atoms with van der Waals surface area (Å²) in [5.41, 5.74) is 2.29. The van der Waals surface area contributed by atoms with Crippen LogP contribution in [0.15, 0.2) is 24.4 Å². The van der Waals surface area contributed by atoms with Gasteiger partial charge in [-0.05, 0) is 36.6 Å². The van der Waals surface area contributed by atoms with Crippen LogP contribution in [0.5, 0.6) is 5.75 Å². The molecule has 0 atom stereocenters. The maximum Gasteiger partial charge on any atom is 0.223 e. The molecule has 0 unspecified atom stereocenters. The van der Waals surface area contributed by atoms with Crippen molar-refractivity contribution in [2.24, 2.45) is 13.0 Å². The lowest BCUT2D eigenvalue weighted by Gasteiger charge is -2.20. The molecule has 0 bridgehead atoms. The van der Waals surface area contributed by atoms with Crippen molar-refractivity contribution in [2.45, 2.75) is 38.6 Å². The second kappa shape index (κ2) is 6.42. The van der Waals surface area contributed by atoms with Gasteiger partial charge in [0.15, 0.2) is 0 Å². The summed E-state index contributed by atoms with van der Waals surface area (Å²) in [4.78, 5) is 12.3. The third-order valence-electron chi connectivity index (χ3n) is 4.71. The van der Waals surface area contributed by atoms with Crippen molar-refractivity contribution in [2.75, 3.05) is 7.11 Å². The SMILES string of the molecule is COc1ccc2c(c1)c(CNC(=O)C1CCCCC1)cn2C. The number of hydrogen-bond acceptors (Lipinski definition) is 2. The first-order valence-electron chi connectivity index (χ1n) is 8.08. The summed E-state index contributed by atoms with van der Waals surface area (Å²) in [5.74, 6) is 1.26. The van der Waals surface area contributed by atoms with Gasteiger partial charge in [-0.2, -0.15) is 0 Å². The van der Waals surface area contributed by atoms with Crippen molar-refractivity contribution in [3.63, 3.8) is 0 Å².